The van der Waals surface area contributed by atoms with Gasteiger partial charge in [0.05, 0.1) is 16.9 Å². The van der Waals surface area contributed by atoms with Crippen molar-refractivity contribution < 1.29 is 8.95 Å². The number of rotatable bonds is 6. The summed E-state index contributed by atoms with van der Waals surface area (Å²) in [5.74, 6) is 1.24. The molecule has 2 aromatic rings. The molecule has 0 aliphatic rings. The van der Waals surface area contributed by atoms with Crippen LogP contribution in [0, 0.1) is 0 Å². The lowest BCUT2D eigenvalue weighted by molar-refractivity contribution is 0.242. The van der Waals surface area contributed by atoms with Crippen molar-refractivity contribution in [2.75, 3.05) is 5.75 Å². The summed E-state index contributed by atoms with van der Waals surface area (Å²) in [6, 6.07) is 16.8. The molecule has 0 bridgehead atoms. The highest BCUT2D eigenvalue weighted by atomic mass is 32.2. The minimum Gasteiger partial charge on any atom is -0.491 e. The normalized spacial score (nSPS) is 13.9. The highest BCUT2D eigenvalue weighted by Crippen LogP contribution is 2.19. The molecule has 3 nitrogen and oxygen atoms in total. The van der Waals surface area contributed by atoms with Crippen molar-refractivity contribution >= 4 is 10.8 Å². The van der Waals surface area contributed by atoms with Crippen LogP contribution in [0.2, 0.25) is 0 Å². The molecule has 0 aliphatic heterocycles. The fourth-order valence-corrected chi connectivity index (χ4v) is 3.17. The SMILES string of the molecule is CC(C)Oc1ccc(C(N)CS(=O)c2ccccc2)cc1. The van der Waals surface area contributed by atoms with E-state index in [9.17, 15) is 4.21 Å². The van der Waals surface area contributed by atoms with Crippen LogP contribution in [0.3, 0.4) is 0 Å². The van der Waals surface area contributed by atoms with Crippen molar-refractivity contribution in [3.05, 3.63) is 60.2 Å². The molecule has 112 valence electrons. The molecule has 2 unspecified atom stereocenters. The first-order chi connectivity index (χ1) is 10.1. The Morgan fingerprint density at radius 2 is 1.67 bits per heavy atom. The smallest absolute Gasteiger partial charge is 0.119 e. The first-order valence-corrected chi connectivity index (χ1v) is 8.34. The maximum atomic E-state index is 12.2. The van der Waals surface area contributed by atoms with E-state index < -0.39 is 10.8 Å². The fraction of sp³-hybridized carbons (Fsp3) is 0.294. The molecule has 2 aromatic carbocycles. The summed E-state index contributed by atoms with van der Waals surface area (Å²) in [6.45, 7) is 3.98. The Hall–Kier alpha value is -1.65. The summed E-state index contributed by atoms with van der Waals surface area (Å²) >= 11 is 0. The molecule has 0 radical (unpaired) electrons. The standard InChI is InChI=1S/C17H21NO2S/c1-13(2)20-15-10-8-14(9-11-15)17(18)12-21(19)16-6-4-3-5-7-16/h3-11,13,17H,12,18H2,1-2H3. The zero-order valence-electron chi connectivity index (χ0n) is 12.4. The molecular formula is C17H21NO2S. The molecule has 0 heterocycles. The Balaban J connectivity index is 2.00. The van der Waals surface area contributed by atoms with Crippen LogP contribution in [0.5, 0.6) is 5.75 Å². The first-order valence-electron chi connectivity index (χ1n) is 7.02. The van der Waals surface area contributed by atoms with E-state index in [1.807, 2.05) is 68.4 Å². The molecule has 0 spiro atoms. The molecule has 0 aromatic heterocycles. The average molecular weight is 303 g/mol. The molecule has 21 heavy (non-hydrogen) atoms. The lowest BCUT2D eigenvalue weighted by Crippen LogP contribution is -2.18. The average Bonchev–Trinajstić information content (AvgIpc) is 2.48. The monoisotopic (exact) mass is 303 g/mol. The van der Waals surface area contributed by atoms with Gasteiger partial charge in [-0.05, 0) is 43.7 Å². The molecule has 0 fully saturated rings. The van der Waals surface area contributed by atoms with Gasteiger partial charge in [-0.1, -0.05) is 30.3 Å². The predicted octanol–water partition coefficient (Wildman–Crippen LogP) is 3.28. The van der Waals surface area contributed by atoms with Crippen LogP contribution < -0.4 is 10.5 Å². The van der Waals surface area contributed by atoms with Crippen LogP contribution in [0.15, 0.2) is 59.5 Å². The van der Waals surface area contributed by atoms with Gasteiger partial charge in [-0.25, -0.2) is 0 Å². The highest BCUT2D eigenvalue weighted by molar-refractivity contribution is 7.85. The van der Waals surface area contributed by atoms with Crippen LogP contribution in [0.4, 0.5) is 0 Å². The van der Waals surface area contributed by atoms with Gasteiger partial charge in [0.2, 0.25) is 0 Å². The summed E-state index contributed by atoms with van der Waals surface area (Å²) < 4.78 is 17.8. The van der Waals surface area contributed by atoms with Crippen molar-refractivity contribution in [3.63, 3.8) is 0 Å². The van der Waals surface area contributed by atoms with Gasteiger partial charge in [0.1, 0.15) is 5.75 Å². The highest BCUT2D eigenvalue weighted by Gasteiger charge is 2.12. The topological polar surface area (TPSA) is 52.3 Å². The first kappa shape index (κ1) is 15.7. The Labute approximate surface area is 128 Å². The second-order valence-electron chi connectivity index (χ2n) is 5.17. The van der Waals surface area contributed by atoms with Crippen LogP contribution in [-0.4, -0.2) is 16.1 Å². The number of hydrogen-bond acceptors (Lipinski definition) is 3. The number of hydrogen-bond donors (Lipinski definition) is 1. The molecular weight excluding hydrogens is 282 g/mol. The van der Waals surface area contributed by atoms with Gasteiger partial charge >= 0.3 is 0 Å². The van der Waals surface area contributed by atoms with Crippen molar-refractivity contribution in [2.24, 2.45) is 5.73 Å². The van der Waals surface area contributed by atoms with E-state index in [0.29, 0.717) is 5.75 Å². The maximum absolute atomic E-state index is 12.2. The summed E-state index contributed by atoms with van der Waals surface area (Å²) in [6.07, 6.45) is 0.148. The lowest BCUT2D eigenvalue weighted by Gasteiger charge is -2.14. The van der Waals surface area contributed by atoms with Crippen LogP contribution >= 0.6 is 0 Å². The van der Waals surface area contributed by atoms with Gasteiger partial charge < -0.3 is 10.5 Å². The van der Waals surface area contributed by atoms with Gasteiger partial charge in [0, 0.05) is 16.7 Å². The molecule has 2 N–H and O–H groups in total. The van der Waals surface area contributed by atoms with E-state index >= 15 is 0 Å². The minimum absolute atomic E-state index is 0.148. The van der Waals surface area contributed by atoms with E-state index in [4.69, 9.17) is 10.5 Å². The van der Waals surface area contributed by atoms with E-state index in [2.05, 4.69) is 0 Å². The Morgan fingerprint density at radius 1 is 1.05 bits per heavy atom. The van der Waals surface area contributed by atoms with Gasteiger partial charge in [-0.2, -0.15) is 0 Å². The second-order valence-corrected chi connectivity index (χ2v) is 6.66. The van der Waals surface area contributed by atoms with Gasteiger partial charge in [-0.3, -0.25) is 4.21 Å². The zero-order valence-corrected chi connectivity index (χ0v) is 13.2. The maximum Gasteiger partial charge on any atom is 0.119 e. The number of ether oxygens (including phenoxy) is 1. The second kappa shape index (κ2) is 7.38. The Morgan fingerprint density at radius 3 is 2.24 bits per heavy atom. The Kier molecular flexibility index (Phi) is 5.53. The van der Waals surface area contributed by atoms with Gasteiger partial charge in [-0.15, -0.1) is 0 Å². The molecule has 2 atom stereocenters. The fourth-order valence-electron chi connectivity index (χ4n) is 1.99. The minimum atomic E-state index is -1.08. The molecule has 0 aliphatic carbocycles. The van der Waals surface area contributed by atoms with E-state index in [1.54, 1.807) is 0 Å². The third kappa shape index (κ3) is 4.69. The molecule has 0 saturated heterocycles. The van der Waals surface area contributed by atoms with E-state index in [1.165, 1.54) is 0 Å². The van der Waals surface area contributed by atoms with Crippen molar-refractivity contribution in [1.82, 2.24) is 0 Å². The van der Waals surface area contributed by atoms with Crippen molar-refractivity contribution in [2.45, 2.75) is 30.9 Å². The summed E-state index contributed by atoms with van der Waals surface area (Å²) in [4.78, 5) is 0.813. The van der Waals surface area contributed by atoms with Crippen LogP contribution in [0.25, 0.3) is 0 Å². The van der Waals surface area contributed by atoms with Crippen LogP contribution in [0.1, 0.15) is 25.5 Å². The third-order valence-corrected chi connectivity index (χ3v) is 4.48. The summed E-state index contributed by atoms with van der Waals surface area (Å²) in [5, 5.41) is 0. The molecule has 2 rings (SSSR count). The van der Waals surface area contributed by atoms with Gasteiger partial charge in [0.25, 0.3) is 0 Å². The lowest BCUT2D eigenvalue weighted by atomic mass is 10.1. The van der Waals surface area contributed by atoms with Crippen molar-refractivity contribution in [1.29, 1.82) is 0 Å². The third-order valence-electron chi connectivity index (χ3n) is 3.02. The van der Waals surface area contributed by atoms with Crippen molar-refractivity contribution in [3.8, 4) is 5.75 Å². The quantitative estimate of drug-likeness (QED) is 0.891. The van der Waals surface area contributed by atoms with E-state index in [0.717, 1.165) is 16.2 Å². The molecule has 4 heteroatoms. The Bertz CT molecular complexity index is 581. The predicted molar refractivity (Wildman–Crippen MR) is 86.9 cm³/mol. The number of nitrogens with two attached hydrogens (primary N) is 1. The van der Waals surface area contributed by atoms with Crippen LogP contribution in [-0.2, 0) is 10.8 Å². The zero-order chi connectivity index (χ0) is 15.2. The molecule has 0 amide bonds. The van der Waals surface area contributed by atoms with Gasteiger partial charge in [0.15, 0.2) is 0 Å². The molecule has 0 saturated carbocycles. The summed E-state index contributed by atoms with van der Waals surface area (Å²) in [7, 11) is -1.08. The number of benzene rings is 2. The van der Waals surface area contributed by atoms with E-state index in [-0.39, 0.29) is 12.1 Å². The largest absolute Gasteiger partial charge is 0.491 e. The summed E-state index contributed by atoms with van der Waals surface area (Å²) in [5.41, 5.74) is 7.12.